The summed E-state index contributed by atoms with van der Waals surface area (Å²) in [7, 11) is 0. The third-order valence-electron chi connectivity index (χ3n) is 3.92. The lowest BCUT2D eigenvalue weighted by atomic mass is 10.1. The molecule has 0 aliphatic rings. The third kappa shape index (κ3) is 9.85. The molecule has 0 unspecified atom stereocenters. The van der Waals surface area contributed by atoms with Crippen molar-refractivity contribution in [1.82, 2.24) is 15.2 Å². The van der Waals surface area contributed by atoms with E-state index in [0.29, 0.717) is 51.8 Å². The molecule has 8 nitrogen and oxygen atoms in total. The van der Waals surface area contributed by atoms with Crippen LogP contribution in [0.25, 0.3) is 0 Å². The second kappa shape index (κ2) is 14.1. The summed E-state index contributed by atoms with van der Waals surface area (Å²) >= 11 is 0. The number of ether oxygens (including phenoxy) is 2. The van der Waals surface area contributed by atoms with Gasteiger partial charge >= 0.3 is 0 Å². The van der Waals surface area contributed by atoms with Gasteiger partial charge in [-0.15, -0.1) is 0 Å². The van der Waals surface area contributed by atoms with Crippen molar-refractivity contribution in [3.63, 3.8) is 0 Å². The van der Waals surface area contributed by atoms with Crippen LogP contribution in [0, 0.1) is 5.92 Å². The average molecular weight is 398 g/mol. The van der Waals surface area contributed by atoms with Gasteiger partial charge in [0.1, 0.15) is 6.26 Å². The molecule has 0 aliphatic heterocycles. The zero-order chi connectivity index (χ0) is 20.8. The Kier molecular flexibility index (Phi) is 12.2. The zero-order valence-corrected chi connectivity index (χ0v) is 17.7. The van der Waals surface area contributed by atoms with Crippen LogP contribution in [0.2, 0.25) is 0 Å². The molecule has 1 aromatic heterocycles. The molecule has 0 atom stereocenters. The van der Waals surface area contributed by atoms with Crippen LogP contribution in [0.1, 0.15) is 63.3 Å². The number of carbonyl (C=O) groups excluding carboxylic acids is 2. The number of rotatable bonds is 15. The van der Waals surface area contributed by atoms with E-state index in [4.69, 9.17) is 13.9 Å². The summed E-state index contributed by atoms with van der Waals surface area (Å²) in [6.07, 6.45) is 3.27. The number of hydrogen-bond acceptors (Lipinski definition) is 6. The molecule has 1 N–H and O–H groups in total. The Labute approximate surface area is 168 Å². The lowest BCUT2D eigenvalue weighted by Crippen LogP contribution is -2.33. The molecule has 1 rings (SSSR count). The van der Waals surface area contributed by atoms with Crippen LogP contribution < -0.4 is 5.32 Å². The second-order valence-electron chi connectivity index (χ2n) is 6.90. The molecule has 1 aromatic rings. The van der Waals surface area contributed by atoms with E-state index in [1.54, 1.807) is 4.90 Å². The SMILES string of the molecule is CCOCCCNC(=O)c1coc(CN(CCCOCC)C(=O)CC(C)C)n1. The molecule has 0 aliphatic carbocycles. The average Bonchev–Trinajstić information content (AvgIpc) is 3.12. The Morgan fingerprint density at radius 2 is 1.86 bits per heavy atom. The van der Waals surface area contributed by atoms with Crippen molar-refractivity contribution in [2.24, 2.45) is 5.92 Å². The van der Waals surface area contributed by atoms with Gasteiger partial charge < -0.3 is 24.1 Å². The van der Waals surface area contributed by atoms with E-state index in [1.165, 1.54) is 6.26 Å². The van der Waals surface area contributed by atoms with Crippen molar-refractivity contribution in [3.05, 3.63) is 17.8 Å². The summed E-state index contributed by atoms with van der Waals surface area (Å²) in [5.74, 6) is 0.381. The first-order valence-corrected chi connectivity index (χ1v) is 10.1. The fourth-order valence-electron chi connectivity index (χ4n) is 2.53. The highest BCUT2D eigenvalue weighted by Gasteiger charge is 2.19. The molecular weight excluding hydrogens is 362 g/mol. The van der Waals surface area contributed by atoms with Gasteiger partial charge in [0.25, 0.3) is 5.91 Å². The van der Waals surface area contributed by atoms with Crippen molar-refractivity contribution in [2.45, 2.75) is 53.5 Å². The second-order valence-corrected chi connectivity index (χ2v) is 6.90. The van der Waals surface area contributed by atoms with Crippen molar-refractivity contribution in [1.29, 1.82) is 0 Å². The largest absolute Gasteiger partial charge is 0.446 e. The Balaban J connectivity index is 2.58. The minimum absolute atomic E-state index is 0.0478. The molecular formula is C20H35N3O5. The van der Waals surface area contributed by atoms with Crippen LogP contribution in [0.4, 0.5) is 0 Å². The number of nitrogens with one attached hydrogen (secondary N) is 1. The summed E-state index contributed by atoms with van der Waals surface area (Å²) in [5.41, 5.74) is 0.219. The third-order valence-corrected chi connectivity index (χ3v) is 3.92. The van der Waals surface area contributed by atoms with Gasteiger partial charge in [0.2, 0.25) is 11.8 Å². The molecule has 160 valence electrons. The van der Waals surface area contributed by atoms with E-state index in [-0.39, 0.29) is 30.0 Å². The minimum Gasteiger partial charge on any atom is -0.446 e. The number of amides is 2. The first kappa shape index (κ1) is 24.1. The molecule has 1 heterocycles. The molecule has 0 bridgehead atoms. The van der Waals surface area contributed by atoms with E-state index in [9.17, 15) is 9.59 Å². The smallest absolute Gasteiger partial charge is 0.273 e. The fraction of sp³-hybridized carbons (Fsp3) is 0.750. The maximum absolute atomic E-state index is 12.5. The molecule has 0 spiro atoms. The molecule has 0 saturated carbocycles. The van der Waals surface area contributed by atoms with Gasteiger partial charge in [-0.05, 0) is 32.6 Å². The highest BCUT2D eigenvalue weighted by atomic mass is 16.5. The van der Waals surface area contributed by atoms with Gasteiger partial charge in [-0.1, -0.05) is 13.8 Å². The normalized spacial score (nSPS) is 11.0. The monoisotopic (exact) mass is 397 g/mol. The number of carbonyl (C=O) groups is 2. The van der Waals surface area contributed by atoms with E-state index in [0.717, 1.165) is 12.8 Å². The van der Waals surface area contributed by atoms with Crippen molar-refractivity contribution >= 4 is 11.8 Å². The van der Waals surface area contributed by atoms with Crippen LogP contribution in [-0.2, 0) is 20.8 Å². The molecule has 0 saturated heterocycles. The van der Waals surface area contributed by atoms with E-state index in [1.807, 2.05) is 27.7 Å². The number of nitrogens with zero attached hydrogens (tertiary/aromatic N) is 2. The maximum atomic E-state index is 12.5. The van der Waals surface area contributed by atoms with Gasteiger partial charge in [0.15, 0.2) is 5.69 Å². The van der Waals surface area contributed by atoms with E-state index < -0.39 is 0 Å². The summed E-state index contributed by atoms with van der Waals surface area (Å²) in [6.45, 7) is 11.7. The maximum Gasteiger partial charge on any atom is 0.273 e. The number of aromatic nitrogens is 1. The van der Waals surface area contributed by atoms with Gasteiger partial charge in [-0.2, -0.15) is 0 Å². The highest BCUT2D eigenvalue weighted by Crippen LogP contribution is 2.11. The Morgan fingerprint density at radius 3 is 2.50 bits per heavy atom. The summed E-state index contributed by atoms with van der Waals surface area (Å²) in [6, 6.07) is 0. The number of hydrogen-bond donors (Lipinski definition) is 1. The lowest BCUT2D eigenvalue weighted by Gasteiger charge is -2.22. The fourth-order valence-corrected chi connectivity index (χ4v) is 2.53. The topological polar surface area (TPSA) is 93.9 Å². The van der Waals surface area contributed by atoms with Crippen LogP contribution in [-0.4, -0.2) is 61.2 Å². The Bertz CT molecular complexity index is 574. The minimum atomic E-state index is -0.289. The summed E-state index contributed by atoms with van der Waals surface area (Å²) in [5, 5.41) is 2.78. The standard InChI is InChI=1S/C20H35N3O5/c1-5-26-11-7-9-21-20(25)17-15-28-18(22-17)14-23(10-8-12-27-6-2)19(24)13-16(3)4/h15-16H,5-14H2,1-4H3,(H,21,25). The lowest BCUT2D eigenvalue weighted by molar-refractivity contribution is -0.133. The predicted octanol–water partition coefficient (Wildman–Crippen LogP) is 2.63. The van der Waals surface area contributed by atoms with Gasteiger partial charge in [-0.25, -0.2) is 4.98 Å². The van der Waals surface area contributed by atoms with Crippen molar-refractivity contribution in [2.75, 3.05) is 39.5 Å². The Morgan fingerprint density at radius 1 is 1.18 bits per heavy atom. The molecule has 28 heavy (non-hydrogen) atoms. The summed E-state index contributed by atoms with van der Waals surface area (Å²) in [4.78, 5) is 30.6. The highest BCUT2D eigenvalue weighted by molar-refractivity contribution is 5.91. The van der Waals surface area contributed by atoms with Gasteiger partial charge in [-0.3, -0.25) is 9.59 Å². The van der Waals surface area contributed by atoms with E-state index in [2.05, 4.69) is 10.3 Å². The first-order chi connectivity index (χ1) is 13.5. The van der Waals surface area contributed by atoms with Crippen molar-refractivity contribution in [3.8, 4) is 0 Å². The molecule has 0 radical (unpaired) electrons. The van der Waals surface area contributed by atoms with Crippen molar-refractivity contribution < 1.29 is 23.5 Å². The Hall–Kier alpha value is -1.93. The zero-order valence-electron chi connectivity index (χ0n) is 17.7. The first-order valence-electron chi connectivity index (χ1n) is 10.1. The van der Waals surface area contributed by atoms with Crippen LogP contribution in [0.5, 0.6) is 0 Å². The van der Waals surface area contributed by atoms with Gasteiger partial charge in [0.05, 0.1) is 6.54 Å². The quantitative estimate of drug-likeness (QED) is 0.457. The van der Waals surface area contributed by atoms with E-state index >= 15 is 0 Å². The number of oxazole rings is 1. The molecule has 8 heteroatoms. The van der Waals surface area contributed by atoms with Gasteiger partial charge in [0, 0.05) is 45.9 Å². The molecule has 0 aromatic carbocycles. The van der Waals surface area contributed by atoms with Crippen LogP contribution >= 0.6 is 0 Å². The van der Waals surface area contributed by atoms with Crippen LogP contribution in [0.15, 0.2) is 10.7 Å². The summed E-state index contributed by atoms with van der Waals surface area (Å²) < 4.78 is 16.0. The predicted molar refractivity (Wildman–Crippen MR) is 106 cm³/mol. The molecule has 2 amide bonds. The van der Waals surface area contributed by atoms with Crippen LogP contribution in [0.3, 0.4) is 0 Å². The molecule has 0 fully saturated rings.